The highest BCUT2D eigenvalue weighted by Gasteiger charge is 2.35. The van der Waals surface area contributed by atoms with Gasteiger partial charge in [-0.15, -0.1) is 5.10 Å². The summed E-state index contributed by atoms with van der Waals surface area (Å²) in [6.07, 6.45) is 3.15. The van der Waals surface area contributed by atoms with Gasteiger partial charge in [-0.3, -0.25) is 9.69 Å². The van der Waals surface area contributed by atoms with Crippen LogP contribution in [0.2, 0.25) is 0 Å². The Labute approximate surface area is 201 Å². The first kappa shape index (κ1) is 24.5. The summed E-state index contributed by atoms with van der Waals surface area (Å²) in [5.41, 5.74) is 2.52. The fourth-order valence-corrected chi connectivity index (χ4v) is 4.88. The van der Waals surface area contributed by atoms with E-state index in [1.54, 1.807) is 0 Å². The number of aryl methyl sites for hydroxylation is 1. The summed E-state index contributed by atoms with van der Waals surface area (Å²) in [6, 6.07) is 8.07. The van der Waals surface area contributed by atoms with Gasteiger partial charge in [-0.2, -0.15) is 0 Å². The topological polar surface area (TPSA) is 88.9 Å². The van der Waals surface area contributed by atoms with Gasteiger partial charge in [0, 0.05) is 30.8 Å². The van der Waals surface area contributed by atoms with Gasteiger partial charge in [0.05, 0.1) is 17.7 Å². The lowest BCUT2D eigenvalue weighted by Gasteiger charge is -2.36. The molecule has 0 amide bonds. The zero-order chi connectivity index (χ0) is 24.5. The van der Waals surface area contributed by atoms with Gasteiger partial charge in [0.25, 0.3) is 5.56 Å². The van der Waals surface area contributed by atoms with Crippen molar-refractivity contribution in [3.05, 3.63) is 51.6 Å². The van der Waals surface area contributed by atoms with Gasteiger partial charge in [-0.1, -0.05) is 32.4 Å². The van der Waals surface area contributed by atoms with Gasteiger partial charge in [0.1, 0.15) is 0 Å². The monoisotopic (exact) mass is 466 g/mol. The summed E-state index contributed by atoms with van der Waals surface area (Å²) >= 11 is 0. The summed E-state index contributed by atoms with van der Waals surface area (Å²) in [5, 5.41) is 14.0. The Hall–Kier alpha value is -2.58. The second-order valence-electron chi connectivity index (χ2n) is 10.6. The predicted molar refractivity (Wildman–Crippen MR) is 134 cm³/mol. The van der Waals surface area contributed by atoms with Crippen LogP contribution in [-0.2, 0) is 16.8 Å². The van der Waals surface area contributed by atoms with Crippen LogP contribution < -0.4 is 5.56 Å². The molecule has 4 rings (SSSR count). The summed E-state index contributed by atoms with van der Waals surface area (Å²) in [6.45, 7) is 14.9. The van der Waals surface area contributed by atoms with Crippen molar-refractivity contribution in [2.45, 2.75) is 85.0 Å². The van der Waals surface area contributed by atoms with Crippen LogP contribution in [-0.4, -0.2) is 49.3 Å². The highest BCUT2D eigenvalue weighted by Crippen LogP contribution is 2.33. The van der Waals surface area contributed by atoms with Gasteiger partial charge >= 0.3 is 0 Å². The van der Waals surface area contributed by atoms with E-state index in [9.17, 15) is 4.79 Å². The molecule has 184 valence electrons. The van der Waals surface area contributed by atoms with Crippen LogP contribution in [0.1, 0.15) is 76.9 Å². The number of hydrogen-bond donors (Lipinski definition) is 1. The minimum atomic E-state index is -0.209. The smallest absolute Gasteiger partial charge is 0.252 e. The molecule has 8 nitrogen and oxygen atoms in total. The third kappa shape index (κ3) is 5.08. The lowest BCUT2D eigenvalue weighted by molar-refractivity contribution is 0.0368. The molecule has 1 aliphatic heterocycles. The van der Waals surface area contributed by atoms with Crippen LogP contribution >= 0.6 is 0 Å². The Morgan fingerprint density at radius 2 is 2.09 bits per heavy atom. The quantitative estimate of drug-likeness (QED) is 0.504. The van der Waals surface area contributed by atoms with Crippen molar-refractivity contribution in [2.24, 2.45) is 5.92 Å². The summed E-state index contributed by atoms with van der Waals surface area (Å²) in [5.74, 6) is 1.08. The maximum atomic E-state index is 13.1. The lowest BCUT2D eigenvalue weighted by atomic mass is 9.97. The third-order valence-corrected chi connectivity index (χ3v) is 7.13. The lowest BCUT2D eigenvalue weighted by Crippen LogP contribution is -2.41. The molecule has 0 saturated carbocycles. The molecule has 0 unspecified atom stereocenters. The average molecular weight is 467 g/mol. The van der Waals surface area contributed by atoms with Crippen LogP contribution in [0.4, 0.5) is 0 Å². The fourth-order valence-electron chi connectivity index (χ4n) is 4.88. The van der Waals surface area contributed by atoms with Crippen molar-refractivity contribution in [3.63, 3.8) is 0 Å². The number of benzene rings is 1. The predicted octanol–water partition coefficient (Wildman–Crippen LogP) is 4.35. The van der Waals surface area contributed by atoms with E-state index in [1.807, 2.05) is 22.9 Å². The number of rotatable bonds is 9. The molecule has 2 atom stereocenters. The number of ether oxygens (including phenoxy) is 1. The van der Waals surface area contributed by atoms with E-state index in [4.69, 9.17) is 4.74 Å². The van der Waals surface area contributed by atoms with Crippen LogP contribution in [0.25, 0.3) is 10.9 Å². The molecular weight excluding hydrogens is 428 g/mol. The van der Waals surface area contributed by atoms with Crippen molar-refractivity contribution in [1.82, 2.24) is 30.1 Å². The van der Waals surface area contributed by atoms with E-state index >= 15 is 0 Å². The standard InChI is InChI=1S/C26H38N6O2/c1-7-26(5,6)32-24(28-29-30-32)23(17(2)3)31(16-21-9-8-12-34-21)15-20-14-19-13-18(4)10-11-22(19)27-25(20)33/h10-11,13-14,17,21,23H,7-9,12,15-16H2,1-6H3,(H,27,33)/t21-,23+/m1/s1. The van der Waals surface area contributed by atoms with Crippen LogP contribution in [0.5, 0.6) is 0 Å². The minimum absolute atomic E-state index is 0.0512. The summed E-state index contributed by atoms with van der Waals surface area (Å²) in [7, 11) is 0. The number of pyridine rings is 1. The largest absolute Gasteiger partial charge is 0.377 e. The molecule has 3 aromatic rings. The summed E-state index contributed by atoms with van der Waals surface area (Å²) in [4.78, 5) is 18.5. The Balaban J connectivity index is 1.76. The molecule has 1 aliphatic rings. The molecule has 34 heavy (non-hydrogen) atoms. The van der Waals surface area contributed by atoms with Gasteiger partial charge < -0.3 is 9.72 Å². The zero-order valence-electron chi connectivity index (χ0n) is 21.3. The Bertz CT molecular complexity index is 1180. The molecule has 8 heteroatoms. The van der Waals surface area contributed by atoms with Crippen LogP contribution in [0.15, 0.2) is 29.1 Å². The van der Waals surface area contributed by atoms with Gasteiger partial charge in [0.2, 0.25) is 0 Å². The average Bonchev–Trinajstić information content (AvgIpc) is 3.47. The molecule has 0 radical (unpaired) electrons. The first-order valence-corrected chi connectivity index (χ1v) is 12.5. The number of aromatic amines is 1. The van der Waals surface area contributed by atoms with Crippen LogP contribution in [0, 0.1) is 12.8 Å². The molecule has 3 heterocycles. The van der Waals surface area contributed by atoms with Gasteiger partial charge in [0.15, 0.2) is 5.82 Å². The van der Waals surface area contributed by atoms with Crippen LogP contribution in [0.3, 0.4) is 0 Å². The van der Waals surface area contributed by atoms with Crippen molar-refractivity contribution in [1.29, 1.82) is 0 Å². The molecule has 0 spiro atoms. The zero-order valence-corrected chi connectivity index (χ0v) is 21.3. The molecule has 1 aromatic carbocycles. The Morgan fingerprint density at radius 1 is 1.29 bits per heavy atom. The van der Waals surface area contributed by atoms with Crippen molar-refractivity contribution in [2.75, 3.05) is 13.2 Å². The number of hydrogen-bond acceptors (Lipinski definition) is 6. The SMILES string of the molecule is CCC(C)(C)n1nnnc1[C@H](C(C)C)N(Cc1cc2cc(C)ccc2[nH]c1=O)C[C@H]1CCCO1. The maximum Gasteiger partial charge on any atom is 0.252 e. The maximum absolute atomic E-state index is 13.1. The number of nitrogens with one attached hydrogen (secondary N) is 1. The van der Waals surface area contributed by atoms with Gasteiger partial charge in [-0.05, 0) is 80.0 Å². The molecule has 1 N–H and O–H groups in total. The Kier molecular flexibility index (Phi) is 7.19. The number of nitrogens with zero attached hydrogens (tertiary/aromatic N) is 5. The summed E-state index contributed by atoms with van der Waals surface area (Å²) < 4.78 is 7.98. The van der Waals surface area contributed by atoms with Crippen molar-refractivity contribution < 1.29 is 4.74 Å². The van der Waals surface area contributed by atoms with E-state index < -0.39 is 0 Å². The van der Waals surface area contributed by atoms with E-state index in [-0.39, 0.29) is 29.2 Å². The highest BCUT2D eigenvalue weighted by molar-refractivity contribution is 5.79. The van der Waals surface area contributed by atoms with Crippen molar-refractivity contribution in [3.8, 4) is 0 Å². The van der Waals surface area contributed by atoms with Crippen molar-refractivity contribution >= 4 is 10.9 Å². The Morgan fingerprint density at radius 3 is 2.76 bits per heavy atom. The first-order chi connectivity index (χ1) is 16.2. The van der Waals surface area contributed by atoms with Gasteiger partial charge in [-0.25, -0.2) is 4.68 Å². The molecule has 1 saturated heterocycles. The van der Waals surface area contributed by atoms with E-state index in [2.05, 4.69) is 73.0 Å². The molecular formula is C26H38N6O2. The van der Waals surface area contributed by atoms with E-state index in [0.29, 0.717) is 6.54 Å². The first-order valence-electron chi connectivity index (χ1n) is 12.5. The highest BCUT2D eigenvalue weighted by atomic mass is 16.5. The second kappa shape index (κ2) is 9.96. The normalized spacial score (nSPS) is 17.8. The number of tetrazole rings is 1. The number of fused-ring (bicyclic) bond motifs is 1. The van der Waals surface area contributed by atoms with E-state index in [1.165, 1.54) is 5.56 Å². The molecule has 0 bridgehead atoms. The second-order valence-corrected chi connectivity index (χ2v) is 10.6. The number of H-pyrrole nitrogens is 1. The fraction of sp³-hybridized carbons (Fsp3) is 0.615. The molecule has 0 aliphatic carbocycles. The molecule has 2 aromatic heterocycles. The molecule has 1 fully saturated rings. The van der Waals surface area contributed by atoms with E-state index in [0.717, 1.165) is 54.7 Å². The third-order valence-electron chi connectivity index (χ3n) is 7.13. The number of aromatic nitrogens is 5. The minimum Gasteiger partial charge on any atom is -0.377 e.